The van der Waals surface area contributed by atoms with Crippen LogP contribution in [0.1, 0.15) is 45.1 Å². The lowest BCUT2D eigenvalue weighted by Gasteiger charge is -2.24. The fourth-order valence-electron chi connectivity index (χ4n) is 3.26. The Morgan fingerprint density at radius 1 is 1.23 bits per heavy atom. The molecule has 26 heavy (non-hydrogen) atoms. The number of nitrogens with zero attached hydrogens (tertiary/aromatic N) is 2. The highest BCUT2D eigenvalue weighted by Crippen LogP contribution is 2.31. The maximum Gasteiger partial charge on any atom is 0.225 e. The second-order valence-corrected chi connectivity index (χ2v) is 6.56. The number of amides is 1. The molecule has 0 aromatic heterocycles. The van der Waals surface area contributed by atoms with E-state index >= 15 is 0 Å². The Labute approximate surface area is 157 Å². The second-order valence-electron chi connectivity index (χ2n) is 6.56. The molecule has 0 radical (unpaired) electrons. The number of nitrogens with one attached hydrogen (secondary N) is 3. The lowest BCUT2D eigenvalue weighted by atomic mass is 9.91. The molecule has 1 amide bonds. The van der Waals surface area contributed by atoms with E-state index < -0.39 is 0 Å². The van der Waals surface area contributed by atoms with E-state index in [1.165, 1.54) is 5.56 Å². The summed E-state index contributed by atoms with van der Waals surface area (Å²) in [6.45, 7) is 12.1. The highest BCUT2D eigenvalue weighted by molar-refractivity contribution is 5.94. The van der Waals surface area contributed by atoms with Crippen molar-refractivity contribution < 1.29 is 4.79 Å². The predicted octanol–water partition coefficient (Wildman–Crippen LogP) is 2.40. The van der Waals surface area contributed by atoms with Crippen molar-refractivity contribution in [3.05, 3.63) is 29.8 Å². The van der Waals surface area contributed by atoms with Gasteiger partial charge in [0, 0.05) is 31.1 Å². The normalized spacial score (nSPS) is 17.0. The zero-order valence-electron chi connectivity index (χ0n) is 16.3. The maximum atomic E-state index is 11.9. The summed E-state index contributed by atoms with van der Waals surface area (Å²) in [6, 6.07) is 8.01. The van der Waals surface area contributed by atoms with E-state index in [2.05, 4.69) is 47.7 Å². The summed E-state index contributed by atoms with van der Waals surface area (Å²) < 4.78 is 0. The molecule has 3 N–H and O–H groups in total. The molecule has 1 heterocycles. The Kier molecular flexibility index (Phi) is 8.41. The van der Waals surface area contributed by atoms with Crippen molar-refractivity contribution in [2.45, 2.75) is 39.5 Å². The zero-order valence-corrected chi connectivity index (χ0v) is 16.3. The maximum absolute atomic E-state index is 11.9. The van der Waals surface area contributed by atoms with Crippen LogP contribution in [0.2, 0.25) is 0 Å². The first-order valence-electron chi connectivity index (χ1n) is 9.81. The van der Waals surface area contributed by atoms with Gasteiger partial charge in [0.1, 0.15) is 0 Å². The first-order valence-corrected chi connectivity index (χ1v) is 9.81. The summed E-state index contributed by atoms with van der Waals surface area (Å²) in [7, 11) is 0. The van der Waals surface area contributed by atoms with Gasteiger partial charge in [-0.25, -0.2) is 0 Å². The molecule has 144 valence electrons. The molecule has 2 rings (SSSR count). The van der Waals surface area contributed by atoms with Crippen LogP contribution in [0.3, 0.4) is 0 Å². The highest BCUT2D eigenvalue weighted by atomic mass is 16.1. The molecule has 1 aromatic rings. The average molecular weight is 360 g/mol. The number of guanidine groups is 1. The van der Waals surface area contributed by atoms with Crippen LogP contribution in [0.4, 0.5) is 5.69 Å². The van der Waals surface area contributed by atoms with Crippen LogP contribution < -0.4 is 16.0 Å². The fourth-order valence-corrected chi connectivity index (χ4v) is 3.26. The lowest BCUT2D eigenvalue weighted by molar-refractivity contribution is -0.116. The fraction of sp³-hybridized carbons (Fsp3) is 0.600. The third-order valence-corrected chi connectivity index (χ3v) is 4.76. The van der Waals surface area contributed by atoms with Gasteiger partial charge in [-0.1, -0.05) is 32.0 Å². The van der Waals surface area contributed by atoms with Crippen molar-refractivity contribution >= 4 is 17.6 Å². The molecule has 1 aliphatic heterocycles. The second kappa shape index (κ2) is 10.8. The van der Waals surface area contributed by atoms with E-state index in [1.54, 1.807) is 0 Å². The third kappa shape index (κ3) is 6.02. The van der Waals surface area contributed by atoms with E-state index in [1.807, 2.05) is 18.2 Å². The SMILES string of the molecule is CCNC(=NCC1CC(=O)Nc2ccccc21)NCCCN(CC)CC. The Morgan fingerprint density at radius 3 is 2.73 bits per heavy atom. The topological polar surface area (TPSA) is 68.8 Å². The summed E-state index contributed by atoms with van der Waals surface area (Å²) >= 11 is 0. The first-order chi connectivity index (χ1) is 12.7. The Hall–Kier alpha value is -2.08. The van der Waals surface area contributed by atoms with Gasteiger partial charge in [0.25, 0.3) is 0 Å². The van der Waals surface area contributed by atoms with E-state index in [0.29, 0.717) is 13.0 Å². The van der Waals surface area contributed by atoms with Crippen molar-refractivity contribution in [3.8, 4) is 0 Å². The molecular formula is C20H33N5O. The molecule has 1 aliphatic rings. The summed E-state index contributed by atoms with van der Waals surface area (Å²) in [5, 5.41) is 9.65. The molecule has 0 saturated heterocycles. The van der Waals surface area contributed by atoms with Gasteiger partial charge in [0.2, 0.25) is 5.91 Å². The number of carbonyl (C=O) groups excluding carboxylic acids is 1. The molecule has 6 heteroatoms. The minimum absolute atomic E-state index is 0.0704. The Morgan fingerprint density at radius 2 is 2.00 bits per heavy atom. The zero-order chi connectivity index (χ0) is 18.8. The third-order valence-electron chi connectivity index (χ3n) is 4.76. The van der Waals surface area contributed by atoms with Gasteiger partial charge < -0.3 is 20.9 Å². The number of fused-ring (bicyclic) bond motifs is 1. The summed E-state index contributed by atoms with van der Waals surface area (Å²) in [4.78, 5) is 19.1. The monoisotopic (exact) mass is 359 g/mol. The van der Waals surface area contributed by atoms with Crippen LogP contribution in [0.25, 0.3) is 0 Å². The molecule has 0 saturated carbocycles. The van der Waals surface area contributed by atoms with Crippen LogP contribution in [0.5, 0.6) is 0 Å². The molecular weight excluding hydrogens is 326 g/mol. The van der Waals surface area contributed by atoms with E-state index in [9.17, 15) is 4.79 Å². The average Bonchev–Trinajstić information content (AvgIpc) is 2.65. The van der Waals surface area contributed by atoms with Crippen LogP contribution in [-0.4, -0.2) is 56.0 Å². The van der Waals surface area contributed by atoms with E-state index in [4.69, 9.17) is 4.99 Å². The lowest BCUT2D eigenvalue weighted by Crippen LogP contribution is -2.39. The number of anilines is 1. The Bertz CT molecular complexity index is 598. The van der Waals surface area contributed by atoms with Crippen LogP contribution in [0, 0.1) is 0 Å². The van der Waals surface area contributed by atoms with E-state index in [-0.39, 0.29) is 11.8 Å². The number of hydrogen-bond acceptors (Lipinski definition) is 3. The Balaban J connectivity index is 1.91. The molecule has 0 aliphatic carbocycles. The quantitative estimate of drug-likeness (QED) is 0.360. The summed E-state index contributed by atoms with van der Waals surface area (Å²) in [6.07, 6.45) is 1.57. The predicted molar refractivity (Wildman–Crippen MR) is 109 cm³/mol. The molecule has 1 unspecified atom stereocenters. The van der Waals surface area contributed by atoms with Crippen molar-refractivity contribution in [1.82, 2.24) is 15.5 Å². The van der Waals surface area contributed by atoms with Gasteiger partial charge in [-0.05, 0) is 44.6 Å². The molecule has 0 bridgehead atoms. The number of aliphatic imine (C=N–C) groups is 1. The number of para-hydroxylation sites is 1. The van der Waals surface area contributed by atoms with Crippen molar-refractivity contribution in [2.75, 3.05) is 44.6 Å². The van der Waals surface area contributed by atoms with Crippen molar-refractivity contribution in [3.63, 3.8) is 0 Å². The van der Waals surface area contributed by atoms with Gasteiger partial charge in [0.05, 0.1) is 6.54 Å². The van der Waals surface area contributed by atoms with Gasteiger partial charge in [-0.15, -0.1) is 0 Å². The largest absolute Gasteiger partial charge is 0.357 e. The molecule has 6 nitrogen and oxygen atoms in total. The minimum atomic E-state index is 0.0704. The number of hydrogen-bond donors (Lipinski definition) is 3. The smallest absolute Gasteiger partial charge is 0.225 e. The highest BCUT2D eigenvalue weighted by Gasteiger charge is 2.24. The van der Waals surface area contributed by atoms with Crippen molar-refractivity contribution in [1.29, 1.82) is 0 Å². The van der Waals surface area contributed by atoms with Crippen LogP contribution >= 0.6 is 0 Å². The molecule has 1 aromatic carbocycles. The van der Waals surface area contributed by atoms with E-state index in [0.717, 1.165) is 50.8 Å². The minimum Gasteiger partial charge on any atom is -0.357 e. The summed E-state index contributed by atoms with van der Waals surface area (Å²) in [5.74, 6) is 1.03. The summed E-state index contributed by atoms with van der Waals surface area (Å²) in [5.41, 5.74) is 2.09. The molecule has 0 fully saturated rings. The van der Waals surface area contributed by atoms with Crippen LogP contribution in [0.15, 0.2) is 29.3 Å². The number of rotatable bonds is 9. The van der Waals surface area contributed by atoms with Crippen LogP contribution in [-0.2, 0) is 4.79 Å². The van der Waals surface area contributed by atoms with Crippen molar-refractivity contribution in [2.24, 2.45) is 4.99 Å². The van der Waals surface area contributed by atoms with Gasteiger partial charge >= 0.3 is 0 Å². The first kappa shape index (κ1) is 20.2. The standard InChI is InChI=1S/C20H33N5O/c1-4-21-20(22-12-9-13-25(5-2)6-3)23-15-16-14-19(26)24-18-11-8-7-10-17(16)18/h7-8,10-11,16H,4-6,9,12-15H2,1-3H3,(H,24,26)(H2,21,22,23). The number of benzene rings is 1. The molecule has 0 spiro atoms. The molecule has 1 atom stereocenters. The van der Waals surface area contributed by atoms with Gasteiger partial charge in [-0.3, -0.25) is 9.79 Å². The number of carbonyl (C=O) groups is 1. The van der Waals surface area contributed by atoms with Gasteiger partial charge in [-0.2, -0.15) is 0 Å². The van der Waals surface area contributed by atoms with Gasteiger partial charge in [0.15, 0.2) is 5.96 Å².